The number of hydrogen-bond acceptors (Lipinski definition) is 1. The zero-order valence-corrected chi connectivity index (χ0v) is 10.9. The highest BCUT2D eigenvalue weighted by molar-refractivity contribution is 6.74. The van der Waals surface area contributed by atoms with Crippen molar-refractivity contribution in [3.63, 3.8) is 0 Å². The maximum atomic E-state index is 2.33. The molecule has 0 radical (unpaired) electrons. The summed E-state index contributed by atoms with van der Waals surface area (Å²) in [5, 5.41) is 2.72. The summed E-state index contributed by atoms with van der Waals surface area (Å²) in [6.45, 7) is 4.65. The van der Waals surface area contributed by atoms with E-state index in [1.54, 1.807) is 4.43 Å². The first-order valence-corrected chi connectivity index (χ1v) is 7.68. The molecular formula is C12H20AlN. The molecule has 1 rings (SSSR count). The summed E-state index contributed by atoms with van der Waals surface area (Å²) >= 11 is -0.688. The van der Waals surface area contributed by atoms with Crippen LogP contribution in [0, 0.1) is 0 Å². The quantitative estimate of drug-likeness (QED) is 0.683. The highest BCUT2D eigenvalue weighted by Crippen LogP contribution is 2.11. The van der Waals surface area contributed by atoms with Crippen LogP contribution < -0.4 is 9.33 Å². The topological polar surface area (TPSA) is 3.24 Å². The van der Waals surface area contributed by atoms with Gasteiger partial charge in [0.15, 0.2) is 0 Å². The van der Waals surface area contributed by atoms with Crippen molar-refractivity contribution < 1.29 is 0 Å². The van der Waals surface area contributed by atoms with Crippen molar-refractivity contribution in [1.29, 1.82) is 0 Å². The second-order valence-electron chi connectivity index (χ2n) is 3.97. The summed E-state index contributed by atoms with van der Waals surface area (Å²) < 4.78 is 1.63. The van der Waals surface area contributed by atoms with Crippen LogP contribution in [0.4, 0.5) is 5.69 Å². The standard InChI is InChI=1S/C8H10N.2C2H5.Al/c1-9(2)8-6-4-3-5-7-8;2*1-2;/h3-6H,1-2H3;2*1H2,2H3;. The minimum atomic E-state index is -0.688. The van der Waals surface area contributed by atoms with Gasteiger partial charge in [0.1, 0.15) is 0 Å². The maximum absolute atomic E-state index is 2.33. The third-order valence-corrected chi connectivity index (χ3v) is 6.18. The average Bonchev–Trinajstić information content (AvgIpc) is 2.20. The lowest BCUT2D eigenvalue weighted by molar-refractivity contribution is 1.14. The number of hydrogen-bond donors (Lipinski definition) is 0. The van der Waals surface area contributed by atoms with Crippen LogP contribution in [0.1, 0.15) is 13.8 Å². The first-order chi connectivity index (χ1) is 6.70. The van der Waals surface area contributed by atoms with Crippen molar-refractivity contribution in [1.82, 2.24) is 0 Å². The Morgan fingerprint density at radius 1 is 1.07 bits per heavy atom. The van der Waals surface area contributed by atoms with E-state index in [4.69, 9.17) is 0 Å². The van der Waals surface area contributed by atoms with Gasteiger partial charge >= 0.3 is 14.1 Å². The van der Waals surface area contributed by atoms with Gasteiger partial charge in [0, 0.05) is 19.8 Å². The zero-order valence-electron chi connectivity index (χ0n) is 9.75. The Labute approximate surface area is 92.1 Å². The van der Waals surface area contributed by atoms with Gasteiger partial charge < -0.3 is 4.90 Å². The van der Waals surface area contributed by atoms with Crippen LogP contribution in [-0.4, -0.2) is 28.2 Å². The summed E-state index contributed by atoms with van der Waals surface area (Å²) in [5.74, 6) is 0. The molecule has 0 fully saturated rings. The second-order valence-corrected chi connectivity index (χ2v) is 7.62. The molecule has 0 bridgehead atoms. The molecule has 1 nitrogen and oxygen atoms in total. The average molecular weight is 205 g/mol. The monoisotopic (exact) mass is 205 g/mol. The van der Waals surface area contributed by atoms with Crippen molar-refractivity contribution in [2.45, 2.75) is 24.4 Å². The Morgan fingerprint density at radius 2 is 1.64 bits per heavy atom. The van der Waals surface area contributed by atoms with Gasteiger partial charge in [-0.2, -0.15) is 0 Å². The van der Waals surface area contributed by atoms with Gasteiger partial charge in [0.05, 0.1) is 0 Å². The van der Waals surface area contributed by atoms with Crippen molar-refractivity contribution in [3.8, 4) is 0 Å². The Morgan fingerprint density at radius 3 is 2.14 bits per heavy atom. The molecule has 76 valence electrons. The SMILES string of the molecule is C[CH2][Al]([CH2]C)[c]1ccccc1N(C)C. The summed E-state index contributed by atoms with van der Waals surface area (Å²) in [6, 6.07) is 8.86. The Hall–Kier alpha value is -0.448. The Kier molecular flexibility index (Phi) is 4.52. The molecule has 1 aromatic rings. The van der Waals surface area contributed by atoms with Crippen LogP contribution in [-0.2, 0) is 0 Å². The van der Waals surface area contributed by atoms with Crippen molar-refractivity contribution in [2.24, 2.45) is 0 Å². The first kappa shape index (κ1) is 11.6. The van der Waals surface area contributed by atoms with E-state index in [0.29, 0.717) is 0 Å². The molecule has 0 spiro atoms. The molecule has 0 aliphatic heterocycles. The molecule has 0 heterocycles. The molecule has 0 amide bonds. The zero-order chi connectivity index (χ0) is 10.6. The Balaban J connectivity index is 3.05. The molecule has 0 saturated carbocycles. The lowest BCUT2D eigenvalue weighted by Crippen LogP contribution is -2.33. The number of rotatable bonds is 4. The highest BCUT2D eigenvalue weighted by atomic mass is 27.2. The molecule has 2 heteroatoms. The fourth-order valence-corrected chi connectivity index (χ4v) is 4.58. The van der Waals surface area contributed by atoms with E-state index in [1.807, 2.05) is 0 Å². The van der Waals surface area contributed by atoms with E-state index in [9.17, 15) is 0 Å². The van der Waals surface area contributed by atoms with E-state index in [-0.39, 0.29) is 0 Å². The van der Waals surface area contributed by atoms with Gasteiger partial charge in [-0.3, -0.25) is 0 Å². The highest BCUT2D eigenvalue weighted by Gasteiger charge is 2.18. The normalized spacial score (nSPS) is 10.0. The van der Waals surface area contributed by atoms with Gasteiger partial charge in [0.25, 0.3) is 0 Å². The molecule has 0 aliphatic carbocycles. The van der Waals surface area contributed by atoms with E-state index >= 15 is 0 Å². The largest absolute Gasteiger partial charge is 0.379 e. The number of nitrogens with zero attached hydrogens (tertiary/aromatic N) is 1. The molecule has 0 N–H and O–H groups in total. The van der Waals surface area contributed by atoms with E-state index in [2.05, 4.69) is 57.1 Å². The predicted molar refractivity (Wildman–Crippen MR) is 67.1 cm³/mol. The molecule has 0 aliphatic rings. The third-order valence-electron chi connectivity index (χ3n) is 2.84. The van der Waals surface area contributed by atoms with Gasteiger partial charge in [-0.05, 0) is 6.07 Å². The lowest BCUT2D eigenvalue weighted by Gasteiger charge is -2.20. The van der Waals surface area contributed by atoms with Crippen LogP contribution in [0.5, 0.6) is 0 Å². The maximum Gasteiger partial charge on any atom is 0.308 e. The predicted octanol–water partition coefficient (Wildman–Crippen LogP) is 2.49. The number of anilines is 1. The van der Waals surface area contributed by atoms with Crippen LogP contribution in [0.15, 0.2) is 24.3 Å². The molecule has 0 aromatic heterocycles. The summed E-state index contributed by atoms with van der Waals surface area (Å²) in [7, 11) is 4.27. The van der Waals surface area contributed by atoms with Crippen LogP contribution >= 0.6 is 0 Å². The molecule has 0 saturated heterocycles. The van der Waals surface area contributed by atoms with Crippen LogP contribution in [0.25, 0.3) is 0 Å². The molecular weight excluding hydrogens is 185 g/mol. The minimum Gasteiger partial charge on any atom is -0.379 e. The summed E-state index contributed by atoms with van der Waals surface area (Å²) in [5.41, 5.74) is 1.42. The van der Waals surface area contributed by atoms with Gasteiger partial charge in [-0.25, -0.2) is 0 Å². The molecule has 0 unspecified atom stereocenters. The van der Waals surface area contributed by atoms with E-state index in [0.717, 1.165) is 0 Å². The molecule has 0 atom stereocenters. The third kappa shape index (κ3) is 2.53. The first-order valence-electron chi connectivity index (χ1n) is 5.46. The minimum absolute atomic E-state index is 0.688. The summed E-state index contributed by atoms with van der Waals surface area (Å²) in [6.07, 6.45) is 0. The smallest absolute Gasteiger partial charge is 0.308 e. The van der Waals surface area contributed by atoms with Gasteiger partial charge in [0.2, 0.25) is 0 Å². The van der Waals surface area contributed by atoms with E-state index in [1.165, 1.54) is 16.3 Å². The second kappa shape index (κ2) is 5.44. The van der Waals surface area contributed by atoms with Crippen molar-refractivity contribution >= 4 is 24.3 Å². The Bertz CT molecular complexity index is 279. The lowest BCUT2D eigenvalue weighted by atomic mass is 10.3. The fraction of sp³-hybridized carbons (Fsp3) is 0.500. The van der Waals surface area contributed by atoms with Crippen molar-refractivity contribution in [2.75, 3.05) is 19.0 Å². The van der Waals surface area contributed by atoms with Crippen LogP contribution in [0.2, 0.25) is 10.6 Å². The number of benzene rings is 1. The number of para-hydroxylation sites is 1. The van der Waals surface area contributed by atoms with Gasteiger partial charge in [-0.15, -0.1) is 0 Å². The van der Waals surface area contributed by atoms with Gasteiger partial charge in [-0.1, -0.05) is 47.0 Å². The molecule has 14 heavy (non-hydrogen) atoms. The van der Waals surface area contributed by atoms with Crippen LogP contribution in [0.3, 0.4) is 0 Å². The fourth-order valence-electron chi connectivity index (χ4n) is 1.97. The van der Waals surface area contributed by atoms with Crippen molar-refractivity contribution in [3.05, 3.63) is 24.3 Å². The summed E-state index contributed by atoms with van der Waals surface area (Å²) in [4.78, 5) is 2.24. The molecule has 1 aromatic carbocycles. The van der Waals surface area contributed by atoms with E-state index < -0.39 is 14.1 Å².